The molecule has 1 N–H and O–H groups in total. The van der Waals surface area contributed by atoms with Crippen LogP contribution in [0.25, 0.3) is 0 Å². The van der Waals surface area contributed by atoms with Gasteiger partial charge in [-0.25, -0.2) is 0 Å². The van der Waals surface area contributed by atoms with Crippen LogP contribution in [0.4, 0.5) is 0 Å². The van der Waals surface area contributed by atoms with Crippen LogP contribution < -0.4 is 14.8 Å². The maximum absolute atomic E-state index is 13.1. The largest absolute Gasteiger partial charge is 0.489 e. The molecule has 0 saturated heterocycles. The number of carbonyl (C=O) groups excluding carboxylic acids is 1. The Bertz CT molecular complexity index is 1110. The lowest BCUT2D eigenvalue weighted by molar-refractivity contribution is 0.0619. The number of fused-ring (bicyclic) bond motifs is 1. The van der Waals surface area contributed by atoms with Crippen molar-refractivity contribution in [2.45, 2.75) is 45.4 Å². The second-order valence-electron chi connectivity index (χ2n) is 8.54. The third kappa shape index (κ3) is 5.02. The van der Waals surface area contributed by atoms with E-state index >= 15 is 0 Å². The van der Waals surface area contributed by atoms with Gasteiger partial charge in [0.25, 0.3) is 5.91 Å². The molecule has 1 aliphatic heterocycles. The average molecular weight is 436 g/mol. The molecule has 0 aromatic heterocycles. The highest BCUT2D eigenvalue weighted by atomic mass is 35.5. The van der Waals surface area contributed by atoms with Crippen molar-refractivity contribution in [3.8, 4) is 11.5 Å². The Morgan fingerprint density at radius 1 is 1.13 bits per heavy atom. The summed E-state index contributed by atoms with van der Waals surface area (Å²) in [6, 6.07) is 20.7. The first kappa shape index (κ1) is 21.3. The molecule has 1 amide bonds. The monoisotopic (exact) mass is 435 g/mol. The summed E-state index contributed by atoms with van der Waals surface area (Å²) in [7, 11) is 0. The van der Waals surface area contributed by atoms with E-state index in [-0.39, 0.29) is 17.6 Å². The molecule has 0 aliphatic carbocycles. The molecule has 5 heteroatoms. The standard InChI is InChI=1S/C26H26ClNO3/c1-17-11-12-21-23(15-26(2,3)31-24(21)13-17)28-25(29)18-8-6-9-20(14-18)30-16-19-7-4-5-10-22(19)27/h4-14,23H,15-16H2,1-3H3,(H,28,29). The minimum Gasteiger partial charge on any atom is -0.489 e. The highest BCUT2D eigenvalue weighted by Crippen LogP contribution is 2.40. The number of aryl methyl sites for hydroxylation is 1. The van der Waals surface area contributed by atoms with Crippen LogP contribution in [-0.2, 0) is 6.61 Å². The lowest BCUT2D eigenvalue weighted by Gasteiger charge is -2.38. The van der Waals surface area contributed by atoms with Crippen molar-refractivity contribution in [2.75, 3.05) is 0 Å². The van der Waals surface area contributed by atoms with Gasteiger partial charge in [-0.15, -0.1) is 0 Å². The molecule has 0 bridgehead atoms. The zero-order valence-corrected chi connectivity index (χ0v) is 18.7. The molecule has 31 heavy (non-hydrogen) atoms. The summed E-state index contributed by atoms with van der Waals surface area (Å²) in [4.78, 5) is 13.1. The van der Waals surface area contributed by atoms with Crippen LogP contribution in [0.5, 0.6) is 11.5 Å². The summed E-state index contributed by atoms with van der Waals surface area (Å²) >= 11 is 6.20. The van der Waals surface area contributed by atoms with Crippen molar-refractivity contribution in [3.63, 3.8) is 0 Å². The molecule has 160 valence electrons. The zero-order valence-electron chi connectivity index (χ0n) is 17.9. The first-order valence-electron chi connectivity index (χ1n) is 10.4. The number of nitrogens with one attached hydrogen (secondary N) is 1. The highest BCUT2D eigenvalue weighted by Gasteiger charge is 2.34. The van der Waals surface area contributed by atoms with Gasteiger partial charge in [-0.1, -0.05) is 48.0 Å². The Kier molecular flexibility index (Phi) is 5.92. The fourth-order valence-electron chi connectivity index (χ4n) is 3.83. The normalized spacial score (nSPS) is 16.7. The van der Waals surface area contributed by atoms with E-state index in [1.807, 2.05) is 75.4 Å². The van der Waals surface area contributed by atoms with Gasteiger partial charge < -0.3 is 14.8 Å². The molecule has 1 atom stereocenters. The number of halogens is 1. The maximum Gasteiger partial charge on any atom is 0.251 e. The van der Waals surface area contributed by atoms with Crippen LogP contribution >= 0.6 is 11.6 Å². The molecule has 1 heterocycles. The highest BCUT2D eigenvalue weighted by molar-refractivity contribution is 6.31. The van der Waals surface area contributed by atoms with Gasteiger partial charge in [0.1, 0.15) is 23.7 Å². The fraction of sp³-hybridized carbons (Fsp3) is 0.269. The molecule has 1 aliphatic rings. The number of ether oxygens (including phenoxy) is 2. The van der Waals surface area contributed by atoms with Crippen LogP contribution in [0.3, 0.4) is 0 Å². The molecule has 0 fully saturated rings. The summed E-state index contributed by atoms with van der Waals surface area (Å²) in [5.74, 6) is 1.31. The minimum atomic E-state index is -0.362. The Morgan fingerprint density at radius 2 is 1.94 bits per heavy atom. The van der Waals surface area contributed by atoms with Crippen LogP contribution in [0.1, 0.15) is 53.4 Å². The van der Waals surface area contributed by atoms with E-state index in [2.05, 4.69) is 5.32 Å². The number of hydrogen-bond acceptors (Lipinski definition) is 3. The van der Waals surface area contributed by atoms with Crippen molar-refractivity contribution in [1.82, 2.24) is 5.32 Å². The summed E-state index contributed by atoms with van der Waals surface area (Å²) < 4.78 is 12.0. The van der Waals surface area contributed by atoms with Gasteiger partial charge in [0.15, 0.2) is 0 Å². The molecule has 3 aromatic rings. The number of carbonyl (C=O) groups is 1. The molecule has 0 spiro atoms. The van der Waals surface area contributed by atoms with Crippen molar-refractivity contribution in [2.24, 2.45) is 0 Å². The molecule has 4 nitrogen and oxygen atoms in total. The molecular formula is C26H26ClNO3. The first-order chi connectivity index (χ1) is 14.8. The SMILES string of the molecule is Cc1ccc2c(c1)OC(C)(C)CC2NC(=O)c1cccc(OCc2ccccc2Cl)c1. The predicted octanol–water partition coefficient (Wildman–Crippen LogP) is 6.26. The van der Waals surface area contributed by atoms with Crippen LogP contribution in [-0.4, -0.2) is 11.5 Å². The van der Waals surface area contributed by atoms with Gasteiger partial charge >= 0.3 is 0 Å². The van der Waals surface area contributed by atoms with Crippen molar-refractivity contribution >= 4 is 17.5 Å². The van der Waals surface area contributed by atoms with E-state index < -0.39 is 0 Å². The Morgan fingerprint density at radius 3 is 2.74 bits per heavy atom. The number of benzene rings is 3. The second-order valence-corrected chi connectivity index (χ2v) is 8.95. The Labute approximate surface area is 188 Å². The summed E-state index contributed by atoms with van der Waals surface area (Å²) in [5, 5.41) is 3.84. The van der Waals surface area contributed by atoms with Gasteiger partial charge in [-0.2, -0.15) is 0 Å². The molecular weight excluding hydrogens is 410 g/mol. The van der Waals surface area contributed by atoms with E-state index in [9.17, 15) is 4.79 Å². The minimum absolute atomic E-state index is 0.125. The smallest absolute Gasteiger partial charge is 0.251 e. The van der Waals surface area contributed by atoms with E-state index in [4.69, 9.17) is 21.1 Å². The molecule has 3 aromatic carbocycles. The summed E-state index contributed by atoms with van der Waals surface area (Å²) in [6.07, 6.45) is 0.692. The van der Waals surface area contributed by atoms with E-state index in [0.717, 1.165) is 22.4 Å². The second kappa shape index (κ2) is 8.64. The molecule has 4 rings (SSSR count). The van der Waals surface area contributed by atoms with Gasteiger partial charge in [0, 0.05) is 28.1 Å². The fourth-order valence-corrected chi connectivity index (χ4v) is 4.02. The Hall–Kier alpha value is -2.98. The van der Waals surface area contributed by atoms with E-state index in [1.165, 1.54) is 0 Å². The Balaban J connectivity index is 1.49. The van der Waals surface area contributed by atoms with Crippen molar-refractivity contribution in [1.29, 1.82) is 0 Å². The van der Waals surface area contributed by atoms with Crippen LogP contribution in [0.15, 0.2) is 66.7 Å². The van der Waals surface area contributed by atoms with E-state index in [1.54, 1.807) is 12.1 Å². The lowest BCUT2D eigenvalue weighted by Crippen LogP contribution is -2.41. The summed E-state index contributed by atoms with van der Waals surface area (Å²) in [5.41, 5.74) is 3.22. The first-order valence-corrected chi connectivity index (χ1v) is 10.8. The number of rotatable bonds is 5. The van der Waals surface area contributed by atoms with Crippen LogP contribution in [0.2, 0.25) is 5.02 Å². The van der Waals surface area contributed by atoms with Gasteiger partial charge in [0.05, 0.1) is 6.04 Å². The number of hydrogen-bond donors (Lipinski definition) is 1. The predicted molar refractivity (Wildman–Crippen MR) is 123 cm³/mol. The zero-order chi connectivity index (χ0) is 22.0. The molecule has 1 unspecified atom stereocenters. The molecule has 0 radical (unpaired) electrons. The topological polar surface area (TPSA) is 47.6 Å². The third-order valence-corrected chi connectivity index (χ3v) is 5.75. The van der Waals surface area contributed by atoms with Crippen molar-refractivity contribution < 1.29 is 14.3 Å². The summed E-state index contributed by atoms with van der Waals surface area (Å²) in [6.45, 7) is 6.46. The van der Waals surface area contributed by atoms with Crippen LogP contribution in [0, 0.1) is 6.92 Å². The third-order valence-electron chi connectivity index (χ3n) is 5.38. The van der Waals surface area contributed by atoms with Gasteiger partial charge in [-0.3, -0.25) is 4.79 Å². The number of amides is 1. The van der Waals surface area contributed by atoms with Crippen molar-refractivity contribution in [3.05, 3.63) is 94.0 Å². The van der Waals surface area contributed by atoms with E-state index in [0.29, 0.717) is 29.4 Å². The van der Waals surface area contributed by atoms with Gasteiger partial charge in [0.2, 0.25) is 0 Å². The van der Waals surface area contributed by atoms with Gasteiger partial charge in [-0.05, 0) is 56.7 Å². The maximum atomic E-state index is 13.1. The average Bonchev–Trinajstić information content (AvgIpc) is 2.72. The quantitative estimate of drug-likeness (QED) is 0.514. The lowest BCUT2D eigenvalue weighted by atomic mass is 9.89. The molecule has 0 saturated carbocycles.